The van der Waals surface area contributed by atoms with Gasteiger partial charge in [0.25, 0.3) is 0 Å². The molecule has 4 heterocycles. The lowest BCUT2D eigenvalue weighted by Gasteiger charge is -2.45. The Morgan fingerprint density at radius 2 is 1.85 bits per heavy atom. The van der Waals surface area contributed by atoms with Crippen LogP contribution in [-0.4, -0.2) is 58.4 Å². The first-order chi connectivity index (χ1) is 12.7. The summed E-state index contributed by atoms with van der Waals surface area (Å²) in [4.78, 5) is 33.5. The zero-order valence-electron chi connectivity index (χ0n) is 15.0. The lowest BCUT2D eigenvalue weighted by molar-refractivity contribution is -0.138. The number of fused-ring (bicyclic) bond motifs is 1. The number of rotatable bonds is 3. The Bertz CT molecular complexity index is 704. The molecular weight excluding hydrogens is 330 g/mol. The number of pyridine rings is 1. The molecule has 0 bridgehead atoms. The molecule has 1 saturated carbocycles. The second-order valence-corrected chi connectivity index (χ2v) is 8.28. The largest absolute Gasteiger partial charge is 0.381 e. The van der Waals surface area contributed by atoms with Gasteiger partial charge in [-0.25, -0.2) is 0 Å². The van der Waals surface area contributed by atoms with Crippen LogP contribution in [0.4, 0.5) is 0 Å². The Kier molecular flexibility index (Phi) is 3.78. The summed E-state index contributed by atoms with van der Waals surface area (Å²) in [6.07, 6.45) is 6.90. The molecule has 5 rings (SSSR count). The standard InChI is InChI=1S/C20H25N3O3/c24-17-1-4-20(23(17)11-14-2-7-21-8-3-14)5-9-22(10-6-20)19(25)18-15-12-26-13-16(15)18/h2-3,7-8,15-16,18H,1,4-6,9-13H2/t15-,16+,18?. The SMILES string of the molecule is O=C(C1[C@H]2COC[C@@H]12)N1CCC2(CCC(=O)N2Cc2ccncc2)CC1. The number of aromatic nitrogens is 1. The molecule has 4 fully saturated rings. The molecule has 1 unspecified atom stereocenters. The molecule has 1 aromatic rings. The van der Waals surface area contributed by atoms with Crippen molar-refractivity contribution in [3.05, 3.63) is 30.1 Å². The van der Waals surface area contributed by atoms with Gasteiger partial charge in [-0.05, 0) is 48.8 Å². The minimum Gasteiger partial charge on any atom is -0.381 e. The molecule has 6 nitrogen and oxygen atoms in total. The van der Waals surface area contributed by atoms with Gasteiger partial charge in [0.2, 0.25) is 11.8 Å². The zero-order valence-corrected chi connectivity index (χ0v) is 15.0. The van der Waals surface area contributed by atoms with Crippen LogP contribution in [0.5, 0.6) is 0 Å². The van der Waals surface area contributed by atoms with Crippen LogP contribution >= 0.6 is 0 Å². The van der Waals surface area contributed by atoms with Crippen LogP contribution in [0, 0.1) is 17.8 Å². The van der Waals surface area contributed by atoms with E-state index >= 15 is 0 Å². The summed E-state index contributed by atoms with van der Waals surface area (Å²) in [5, 5.41) is 0. The van der Waals surface area contributed by atoms with Gasteiger partial charge < -0.3 is 14.5 Å². The first kappa shape index (κ1) is 16.2. The predicted molar refractivity (Wildman–Crippen MR) is 93.9 cm³/mol. The summed E-state index contributed by atoms with van der Waals surface area (Å²) >= 11 is 0. The van der Waals surface area contributed by atoms with E-state index in [4.69, 9.17) is 4.74 Å². The maximum atomic E-state index is 12.8. The summed E-state index contributed by atoms with van der Waals surface area (Å²) < 4.78 is 5.41. The monoisotopic (exact) mass is 355 g/mol. The Morgan fingerprint density at radius 3 is 2.54 bits per heavy atom. The van der Waals surface area contributed by atoms with E-state index < -0.39 is 0 Å². The van der Waals surface area contributed by atoms with Crippen molar-refractivity contribution in [2.24, 2.45) is 17.8 Å². The smallest absolute Gasteiger partial charge is 0.226 e. The second kappa shape index (κ2) is 6.05. The molecule has 1 aromatic heterocycles. The van der Waals surface area contributed by atoms with Gasteiger partial charge in [-0.15, -0.1) is 0 Å². The lowest BCUT2D eigenvalue weighted by atomic mass is 9.84. The molecule has 6 heteroatoms. The van der Waals surface area contributed by atoms with Crippen molar-refractivity contribution in [1.29, 1.82) is 0 Å². The lowest BCUT2D eigenvalue weighted by Crippen LogP contribution is -2.54. The molecule has 138 valence electrons. The molecule has 26 heavy (non-hydrogen) atoms. The highest BCUT2D eigenvalue weighted by atomic mass is 16.5. The number of ether oxygens (including phenoxy) is 1. The van der Waals surface area contributed by atoms with Crippen molar-refractivity contribution in [2.45, 2.75) is 37.8 Å². The summed E-state index contributed by atoms with van der Waals surface area (Å²) in [7, 11) is 0. The minimum absolute atomic E-state index is 0.0698. The number of nitrogens with zero attached hydrogens (tertiary/aromatic N) is 3. The molecular formula is C20H25N3O3. The summed E-state index contributed by atoms with van der Waals surface area (Å²) in [6.45, 7) is 3.71. The van der Waals surface area contributed by atoms with Gasteiger partial charge in [0.1, 0.15) is 0 Å². The quantitative estimate of drug-likeness (QED) is 0.823. The Hall–Kier alpha value is -1.95. The van der Waals surface area contributed by atoms with E-state index in [0.29, 0.717) is 30.7 Å². The van der Waals surface area contributed by atoms with Gasteiger partial charge >= 0.3 is 0 Å². The maximum absolute atomic E-state index is 12.8. The van der Waals surface area contributed by atoms with E-state index in [9.17, 15) is 9.59 Å². The molecule has 3 aliphatic heterocycles. The van der Waals surface area contributed by atoms with Crippen LogP contribution in [0.25, 0.3) is 0 Å². The Morgan fingerprint density at radius 1 is 1.15 bits per heavy atom. The van der Waals surface area contributed by atoms with Crippen LogP contribution < -0.4 is 0 Å². The van der Waals surface area contributed by atoms with Crippen LogP contribution in [0.2, 0.25) is 0 Å². The third-order valence-electron chi connectivity index (χ3n) is 7.01. The van der Waals surface area contributed by atoms with Crippen LogP contribution in [0.3, 0.4) is 0 Å². The van der Waals surface area contributed by atoms with E-state index in [1.165, 1.54) is 0 Å². The Labute approximate surface area is 153 Å². The zero-order chi connectivity index (χ0) is 17.7. The minimum atomic E-state index is -0.0698. The number of hydrogen-bond donors (Lipinski definition) is 0. The molecule has 0 N–H and O–H groups in total. The molecule has 3 atom stereocenters. The fourth-order valence-electron chi connectivity index (χ4n) is 5.28. The van der Waals surface area contributed by atoms with E-state index in [1.807, 2.05) is 17.0 Å². The van der Waals surface area contributed by atoms with Crippen molar-refractivity contribution in [1.82, 2.24) is 14.8 Å². The maximum Gasteiger partial charge on any atom is 0.226 e. The van der Waals surface area contributed by atoms with Gasteiger partial charge in [0.15, 0.2) is 0 Å². The predicted octanol–water partition coefficient (Wildman–Crippen LogP) is 1.46. The summed E-state index contributed by atoms with van der Waals surface area (Å²) in [6, 6.07) is 3.96. The van der Waals surface area contributed by atoms with Gasteiger partial charge in [0, 0.05) is 49.9 Å². The molecule has 0 radical (unpaired) electrons. The number of hydrogen-bond acceptors (Lipinski definition) is 4. The summed E-state index contributed by atoms with van der Waals surface area (Å²) in [5.41, 5.74) is 1.05. The third kappa shape index (κ3) is 2.54. The third-order valence-corrected chi connectivity index (χ3v) is 7.01. The number of carbonyl (C=O) groups excluding carboxylic acids is 2. The van der Waals surface area contributed by atoms with Crippen molar-refractivity contribution in [3.63, 3.8) is 0 Å². The highest BCUT2D eigenvalue weighted by molar-refractivity contribution is 5.83. The van der Waals surface area contributed by atoms with Gasteiger partial charge in [0.05, 0.1) is 13.2 Å². The first-order valence-corrected chi connectivity index (χ1v) is 9.74. The molecule has 4 aliphatic rings. The van der Waals surface area contributed by atoms with E-state index in [2.05, 4.69) is 9.88 Å². The van der Waals surface area contributed by atoms with E-state index in [0.717, 1.165) is 51.1 Å². The molecule has 1 aliphatic carbocycles. The number of likely N-dealkylation sites (tertiary alicyclic amines) is 2. The van der Waals surface area contributed by atoms with Crippen LogP contribution in [0.1, 0.15) is 31.2 Å². The highest BCUT2D eigenvalue weighted by Gasteiger charge is 2.59. The molecule has 3 saturated heterocycles. The van der Waals surface area contributed by atoms with Gasteiger partial charge in [-0.2, -0.15) is 0 Å². The number of carbonyl (C=O) groups is 2. The normalized spacial score (nSPS) is 32.2. The molecule has 1 spiro atoms. The highest BCUT2D eigenvalue weighted by Crippen LogP contribution is 2.52. The first-order valence-electron chi connectivity index (χ1n) is 9.74. The molecule has 2 amide bonds. The second-order valence-electron chi connectivity index (χ2n) is 8.28. The Balaban J connectivity index is 1.25. The van der Waals surface area contributed by atoms with Crippen LogP contribution in [0.15, 0.2) is 24.5 Å². The number of amides is 2. The summed E-state index contributed by atoms with van der Waals surface area (Å²) in [5.74, 6) is 1.71. The van der Waals surface area contributed by atoms with Gasteiger partial charge in [-0.3, -0.25) is 14.6 Å². The fourth-order valence-corrected chi connectivity index (χ4v) is 5.28. The number of piperidine rings is 1. The van der Waals surface area contributed by atoms with Crippen molar-refractivity contribution in [3.8, 4) is 0 Å². The average molecular weight is 355 g/mol. The fraction of sp³-hybridized carbons (Fsp3) is 0.650. The van der Waals surface area contributed by atoms with E-state index in [-0.39, 0.29) is 17.4 Å². The topological polar surface area (TPSA) is 62.7 Å². The average Bonchev–Trinajstić information content (AvgIpc) is 3.00. The van der Waals surface area contributed by atoms with Crippen molar-refractivity contribution >= 4 is 11.8 Å². The van der Waals surface area contributed by atoms with Crippen molar-refractivity contribution in [2.75, 3.05) is 26.3 Å². The molecule has 0 aromatic carbocycles. The van der Waals surface area contributed by atoms with Gasteiger partial charge in [-0.1, -0.05) is 0 Å². The van der Waals surface area contributed by atoms with Crippen LogP contribution in [-0.2, 0) is 20.9 Å². The van der Waals surface area contributed by atoms with E-state index in [1.54, 1.807) is 12.4 Å². The van der Waals surface area contributed by atoms with Crippen molar-refractivity contribution < 1.29 is 14.3 Å².